The second-order valence-electron chi connectivity index (χ2n) is 5.45. The molecule has 1 aliphatic heterocycles. The molecule has 1 aliphatic rings. The number of aliphatic carboxylic acids is 1. The molecule has 0 radical (unpaired) electrons. The lowest BCUT2D eigenvalue weighted by atomic mass is 10.1. The van der Waals surface area contributed by atoms with Gasteiger partial charge in [0, 0.05) is 18.2 Å². The molecule has 1 unspecified atom stereocenters. The summed E-state index contributed by atoms with van der Waals surface area (Å²) >= 11 is 0. The van der Waals surface area contributed by atoms with Gasteiger partial charge in [-0.25, -0.2) is 0 Å². The minimum absolute atomic E-state index is 0.0271. The molecular formula is C17H17NO3. The van der Waals surface area contributed by atoms with Crippen LogP contribution in [0.5, 0.6) is 0 Å². The summed E-state index contributed by atoms with van der Waals surface area (Å²) < 4.78 is 0. The zero-order chi connectivity index (χ0) is 14.8. The van der Waals surface area contributed by atoms with Crippen LogP contribution in [0.2, 0.25) is 0 Å². The van der Waals surface area contributed by atoms with E-state index in [1.54, 1.807) is 4.90 Å². The molecule has 4 heteroatoms. The van der Waals surface area contributed by atoms with Crippen molar-refractivity contribution in [1.29, 1.82) is 0 Å². The SMILES string of the molecule is O=C(O)CC1CCCN1C(=O)c1ccc2ccccc2c1. The van der Waals surface area contributed by atoms with Crippen molar-refractivity contribution in [1.82, 2.24) is 4.90 Å². The van der Waals surface area contributed by atoms with Crippen LogP contribution in [0, 0.1) is 0 Å². The molecule has 0 aromatic heterocycles. The number of carbonyl (C=O) groups is 2. The molecule has 1 N–H and O–H groups in total. The lowest BCUT2D eigenvalue weighted by molar-refractivity contribution is -0.137. The predicted octanol–water partition coefficient (Wildman–Crippen LogP) is 2.92. The molecule has 1 saturated heterocycles. The van der Waals surface area contributed by atoms with Gasteiger partial charge in [0.15, 0.2) is 0 Å². The van der Waals surface area contributed by atoms with Crippen molar-refractivity contribution >= 4 is 22.6 Å². The van der Waals surface area contributed by atoms with Crippen LogP contribution < -0.4 is 0 Å². The zero-order valence-electron chi connectivity index (χ0n) is 11.7. The van der Waals surface area contributed by atoms with E-state index in [1.165, 1.54) is 0 Å². The summed E-state index contributed by atoms with van der Waals surface area (Å²) in [6.07, 6.45) is 1.67. The summed E-state index contributed by atoms with van der Waals surface area (Å²) in [5.41, 5.74) is 0.631. The lowest BCUT2D eigenvalue weighted by Crippen LogP contribution is -2.36. The Morgan fingerprint density at radius 2 is 1.90 bits per heavy atom. The normalized spacial score (nSPS) is 18.1. The van der Waals surface area contributed by atoms with E-state index < -0.39 is 5.97 Å². The van der Waals surface area contributed by atoms with Crippen molar-refractivity contribution in [3.05, 3.63) is 48.0 Å². The van der Waals surface area contributed by atoms with E-state index in [0.717, 1.165) is 23.6 Å². The maximum Gasteiger partial charge on any atom is 0.305 e. The maximum absolute atomic E-state index is 12.6. The number of benzene rings is 2. The highest BCUT2D eigenvalue weighted by Crippen LogP contribution is 2.24. The molecule has 4 nitrogen and oxygen atoms in total. The number of carbonyl (C=O) groups excluding carboxylic acids is 1. The smallest absolute Gasteiger partial charge is 0.305 e. The predicted molar refractivity (Wildman–Crippen MR) is 80.3 cm³/mol. The second kappa shape index (κ2) is 5.56. The third-order valence-electron chi connectivity index (χ3n) is 4.04. The van der Waals surface area contributed by atoms with Crippen LogP contribution in [-0.4, -0.2) is 34.5 Å². The van der Waals surface area contributed by atoms with Gasteiger partial charge in [-0.2, -0.15) is 0 Å². The second-order valence-corrected chi connectivity index (χ2v) is 5.45. The van der Waals surface area contributed by atoms with Gasteiger partial charge in [-0.3, -0.25) is 9.59 Å². The van der Waals surface area contributed by atoms with Crippen LogP contribution in [0.4, 0.5) is 0 Å². The largest absolute Gasteiger partial charge is 0.481 e. The summed E-state index contributed by atoms with van der Waals surface area (Å²) in [6.45, 7) is 0.642. The van der Waals surface area contributed by atoms with Crippen molar-refractivity contribution in [3.8, 4) is 0 Å². The van der Waals surface area contributed by atoms with Crippen molar-refractivity contribution in [3.63, 3.8) is 0 Å². The molecule has 3 rings (SSSR count). The standard InChI is InChI=1S/C17H17NO3/c19-16(20)11-15-6-3-9-18(15)17(21)14-8-7-12-4-1-2-5-13(12)10-14/h1-2,4-5,7-8,10,15H,3,6,9,11H2,(H,19,20). The summed E-state index contributed by atoms with van der Waals surface area (Å²) in [5.74, 6) is -0.914. The number of hydrogen-bond acceptors (Lipinski definition) is 2. The Morgan fingerprint density at radius 3 is 2.67 bits per heavy atom. The number of likely N-dealkylation sites (tertiary alicyclic amines) is 1. The van der Waals surface area contributed by atoms with E-state index in [-0.39, 0.29) is 18.4 Å². The third-order valence-corrected chi connectivity index (χ3v) is 4.04. The average molecular weight is 283 g/mol. The van der Waals surface area contributed by atoms with Gasteiger partial charge in [0.1, 0.15) is 0 Å². The Hall–Kier alpha value is -2.36. The molecule has 1 amide bonds. The topological polar surface area (TPSA) is 57.6 Å². The van der Waals surface area contributed by atoms with Crippen molar-refractivity contribution in [2.45, 2.75) is 25.3 Å². The molecular weight excluding hydrogens is 266 g/mol. The van der Waals surface area contributed by atoms with E-state index in [4.69, 9.17) is 5.11 Å². The number of nitrogens with zero attached hydrogens (tertiary/aromatic N) is 1. The quantitative estimate of drug-likeness (QED) is 0.942. The van der Waals surface area contributed by atoms with Crippen molar-refractivity contribution < 1.29 is 14.7 Å². The Bertz CT molecular complexity index is 695. The van der Waals surface area contributed by atoms with E-state index in [9.17, 15) is 9.59 Å². The average Bonchev–Trinajstić information content (AvgIpc) is 2.93. The molecule has 0 aliphatic carbocycles. The Morgan fingerprint density at radius 1 is 1.14 bits per heavy atom. The molecule has 2 aromatic carbocycles. The molecule has 2 aromatic rings. The summed E-state index contributed by atoms with van der Waals surface area (Å²) in [6, 6.07) is 13.4. The summed E-state index contributed by atoms with van der Waals surface area (Å²) in [7, 11) is 0. The minimum atomic E-state index is -0.849. The van der Waals surface area contributed by atoms with Crippen LogP contribution in [-0.2, 0) is 4.79 Å². The van der Waals surface area contributed by atoms with Gasteiger partial charge < -0.3 is 10.0 Å². The van der Waals surface area contributed by atoms with E-state index >= 15 is 0 Å². The number of hydrogen-bond donors (Lipinski definition) is 1. The molecule has 1 atom stereocenters. The van der Waals surface area contributed by atoms with Gasteiger partial charge in [0.2, 0.25) is 0 Å². The number of amides is 1. The van der Waals surface area contributed by atoms with Gasteiger partial charge in [0.25, 0.3) is 5.91 Å². The Balaban J connectivity index is 1.87. The molecule has 1 fully saturated rings. The van der Waals surface area contributed by atoms with Gasteiger partial charge in [-0.15, -0.1) is 0 Å². The minimum Gasteiger partial charge on any atom is -0.481 e. The summed E-state index contributed by atoms with van der Waals surface area (Å²) in [5, 5.41) is 11.1. The molecule has 108 valence electrons. The van der Waals surface area contributed by atoms with Crippen molar-refractivity contribution in [2.75, 3.05) is 6.54 Å². The van der Waals surface area contributed by atoms with Crippen molar-refractivity contribution in [2.24, 2.45) is 0 Å². The highest BCUT2D eigenvalue weighted by molar-refractivity contribution is 5.99. The molecule has 0 saturated carbocycles. The van der Waals surface area contributed by atoms with Crippen LogP contribution in [0.3, 0.4) is 0 Å². The van der Waals surface area contributed by atoms with Crippen LogP contribution in [0.15, 0.2) is 42.5 Å². The van der Waals surface area contributed by atoms with E-state index in [2.05, 4.69) is 0 Å². The molecule has 21 heavy (non-hydrogen) atoms. The Labute approximate surface area is 123 Å². The first-order valence-corrected chi connectivity index (χ1v) is 7.17. The highest BCUT2D eigenvalue weighted by Gasteiger charge is 2.30. The number of carboxylic acids is 1. The lowest BCUT2D eigenvalue weighted by Gasteiger charge is -2.23. The van der Waals surface area contributed by atoms with E-state index in [1.807, 2.05) is 42.5 Å². The zero-order valence-corrected chi connectivity index (χ0v) is 11.7. The fourth-order valence-electron chi connectivity index (χ4n) is 3.01. The monoisotopic (exact) mass is 283 g/mol. The molecule has 0 spiro atoms. The van der Waals surface area contributed by atoms with Gasteiger partial charge in [-0.05, 0) is 35.7 Å². The number of fused-ring (bicyclic) bond motifs is 1. The number of carboxylic acid groups (broad SMARTS) is 1. The fraction of sp³-hybridized carbons (Fsp3) is 0.294. The molecule has 1 heterocycles. The highest BCUT2D eigenvalue weighted by atomic mass is 16.4. The first-order chi connectivity index (χ1) is 10.1. The summed E-state index contributed by atoms with van der Waals surface area (Å²) in [4.78, 5) is 25.2. The van der Waals surface area contributed by atoms with Gasteiger partial charge in [-0.1, -0.05) is 30.3 Å². The maximum atomic E-state index is 12.6. The van der Waals surface area contributed by atoms with Crippen LogP contribution in [0.1, 0.15) is 29.6 Å². The van der Waals surface area contributed by atoms with E-state index in [0.29, 0.717) is 12.1 Å². The van der Waals surface area contributed by atoms with Gasteiger partial charge in [0.05, 0.1) is 6.42 Å². The van der Waals surface area contributed by atoms with Crippen LogP contribution in [0.25, 0.3) is 10.8 Å². The first kappa shape index (κ1) is 13.6. The Kier molecular flexibility index (Phi) is 3.60. The number of rotatable bonds is 3. The third kappa shape index (κ3) is 2.75. The first-order valence-electron chi connectivity index (χ1n) is 7.17. The van der Waals surface area contributed by atoms with Crippen LogP contribution >= 0.6 is 0 Å². The van der Waals surface area contributed by atoms with Gasteiger partial charge >= 0.3 is 5.97 Å². The molecule has 0 bridgehead atoms. The fourth-order valence-corrected chi connectivity index (χ4v) is 3.01.